The Labute approximate surface area is 120 Å². The normalized spacial score (nSPS) is 13.2. The Balaban J connectivity index is 2.91. The molecule has 2 N–H and O–H groups in total. The second-order valence-corrected chi connectivity index (χ2v) is 6.60. The van der Waals surface area contributed by atoms with Gasteiger partial charge in [0.15, 0.2) is 9.84 Å². The van der Waals surface area contributed by atoms with E-state index in [1.807, 2.05) is 6.92 Å². The van der Waals surface area contributed by atoms with Crippen molar-refractivity contribution >= 4 is 9.84 Å². The van der Waals surface area contributed by atoms with Gasteiger partial charge in [0.2, 0.25) is 0 Å². The summed E-state index contributed by atoms with van der Waals surface area (Å²) in [7, 11) is -2.00. The van der Waals surface area contributed by atoms with Gasteiger partial charge >= 0.3 is 0 Å². The molecule has 0 bridgehead atoms. The Kier molecular flexibility index (Phi) is 6.98. The summed E-state index contributed by atoms with van der Waals surface area (Å²) in [6.07, 6.45) is 1.32. The third-order valence-electron chi connectivity index (χ3n) is 2.99. The summed E-state index contributed by atoms with van der Waals surface area (Å²) in [6.45, 7) is 2.70. The van der Waals surface area contributed by atoms with Gasteiger partial charge in [0.1, 0.15) is 10.6 Å². The smallest absolute Gasteiger partial charge is 0.183 e. The van der Waals surface area contributed by atoms with Crippen molar-refractivity contribution in [3.63, 3.8) is 0 Å². The summed E-state index contributed by atoms with van der Waals surface area (Å²) in [5.74, 6) is 0.305. The molecule has 5 nitrogen and oxygen atoms in total. The number of nitrogens with one attached hydrogen (secondary N) is 1. The molecule has 0 aliphatic carbocycles. The van der Waals surface area contributed by atoms with E-state index in [2.05, 4.69) is 5.32 Å². The third kappa shape index (κ3) is 4.77. The fraction of sp³-hybridized carbons (Fsp3) is 0.571. The van der Waals surface area contributed by atoms with Crippen LogP contribution in [-0.4, -0.2) is 45.6 Å². The maximum Gasteiger partial charge on any atom is 0.183 e. The molecule has 0 fully saturated rings. The van der Waals surface area contributed by atoms with Crippen LogP contribution < -0.4 is 10.1 Å². The maximum atomic E-state index is 12.5. The highest BCUT2D eigenvalue weighted by Crippen LogP contribution is 2.24. The number of benzene rings is 1. The van der Waals surface area contributed by atoms with E-state index in [0.717, 1.165) is 13.0 Å². The lowest BCUT2D eigenvalue weighted by Crippen LogP contribution is -2.37. The molecule has 1 aromatic rings. The summed E-state index contributed by atoms with van der Waals surface area (Å²) >= 11 is 0. The van der Waals surface area contributed by atoms with Crippen LogP contribution in [0.25, 0.3) is 0 Å². The first-order valence-electron chi connectivity index (χ1n) is 6.75. The molecular weight excluding hydrogens is 278 g/mol. The average molecular weight is 301 g/mol. The minimum atomic E-state index is -3.45. The second kappa shape index (κ2) is 8.24. The molecule has 0 aliphatic heterocycles. The summed E-state index contributed by atoms with van der Waals surface area (Å²) < 4.78 is 30.0. The van der Waals surface area contributed by atoms with Crippen LogP contribution in [0.5, 0.6) is 5.75 Å². The molecule has 1 aromatic carbocycles. The van der Waals surface area contributed by atoms with Crippen molar-refractivity contribution in [1.29, 1.82) is 0 Å². The van der Waals surface area contributed by atoms with Gasteiger partial charge in [-0.3, -0.25) is 0 Å². The number of ether oxygens (including phenoxy) is 1. The van der Waals surface area contributed by atoms with Crippen LogP contribution in [0.3, 0.4) is 0 Å². The number of hydrogen-bond acceptors (Lipinski definition) is 5. The van der Waals surface area contributed by atoms with E-state index in [1.165, 1.54) is 7.11 Å². The van der Waals surface area contributed by atoms with Crippen molar-refractivity contribution in [2.45, 2.75) is 30.7 Å². The molecule has 0 spiro atoms. The number of para-hydroxylation sites is 1. The van der Waals surface area contributed by atoms with E-state index in [0.29, 0.717) is 12.2 Å². The Bertz CT molecular complexity index is 502. The van der Waals surface area contributed by atoms with Crippen molar-refractivity contribution in [3.05, 3.63) is 24.3 Å². The monoisotopic (exact) mass is 301 g/mol. The number of methoxy groups -OCH3 is 1. The molecule has 0 heterocycles. The summed E-state index contributed by atoms with van der Waals surface area (Å²) in [5, 5.41) is 12.2. The van der Waals surface area contributed by atoms with E-state index in [-0.39, 0.29) is 23.3 Å². The van der Waals surface area contributed by atoms with Crippen LogP contribution in [0, 0.1) is 0 Å². The Morgan fingerprint density at radius 1 is 1.35 bits per heavy atom. The molecule has 1 rings (SSSR count). The molecule has 0 aliphatic rings. The number of rotatable bonds is 9. The molecule has 20 heavy (non-hydrogen) atoms. The van der Waals surface area contributed by atoms with Gasteiger partial charge < -0.3 is 15.2 Å². The fourth-order valence-corrected chi connectivity index (χ4v) is 3.72. The molecule has 1 atom stereocenters. The lowest BCUT2D eigenvalue weighted by molar-refractivity contribution is 0.269. The predicted octanol–water partition coefficient (Wildman–Crippen LogP) is 1.22. The zero-order valence-corrected chi connectivity index (χ0v) is 12.8. The largest absolute Gasteiger partial charge is 0.495 e. The molecule has 0 saturated heterocycles. The van der Waals surface area contributed by atoms with Gasteiger partial charge in [0.05, 0.1) is 12.9 Å². The zero-order valence-electron chi connectivity index (χ0n) is 12.0. The van der Waals surface area contributed by atoms with Crippen LogP contribution in [0.2, 0.25) is 0 Å². The van der Waals surface area contributed by atoms with Gasteiger partial charge in [-0.15, -0.1) is 0 Å². The Hall–Kier alpha value is -1.11. The maximum absolute atomic E-state index is 12.5. The van der Waals surface area contributed by atoms with E-state index in [1.54, 1.807) is 24.3 Å². The van der Waals surface area contributed by atoms with Crippen LogP contribution in [0.1, 0.15) is 19.8 Å². The average Bonchev–Trinajstić information content (AvgIpc) is 2.44. The SMILES string of the molecule is CCCNC(CCO)CS(=O)(=O)c1ccccc1OC. The highest BCUT2D eigenvalue weighted by molar-refractivity contribution is 7.91. The number of aliphatic hydroxyl groups is 1. The first-order chi connectivity index (χ1) is 9.55. The van der Waals surface area contributed by atoms with Gasteiger partial charge in [0.25, 0.3) is 0 Å². The van der Waals surface area contributed by atoms with Crippen LogP contribution in [0.4, 0.5) is 0 Å². The second-order valence-electron chi connectivity index (χ2n) is 4.60. The molecule has 6 heteroatoms. The molecule has 114 valence electrons. The van der Waals surface area contributed by atoms with Gasteiger partial charge in [-0.2, -0.15) is 0 Å². The lowest BCUT2D eigenvalue weighted by Gasteiger charge is -2.18. The number of sulfone groups is 1. The summed E-state index contributed by atoms with van der Waals surface area (Å²) in [4.78, 5) is 0.198. The van der Waals surface area contributed by atoms with Gasteiger partial charge in [-0.05, 0) is 31.5 Å². The molecule has 0 aromatic heterocycles. The number of hydrogen-bond donors (Lipinski definition) is 2. The Morgan fingerprint density at radius 3 is 2.65 bits per heavy atom. The zero-order chi connectivity index (χ0) is 15.0. The van der Waals surface area contributed by atoms with Crippen molar-refractivity contribution in [3.8, 4) is 5.75 Å². The van der Waals surface area contributed by atoms with E-state index >= 15 is 0 Å². The number of aliphatic hydroxyl groups excluding tert-OH is 1. The van der Waals surface area contributed by atoms with Crippen LogP contribution in [0.15, 0.2) is 29.2 Å². The molecule has 0 amide bonds. The molecule has 1 unspecified atom stereocenters. The van der Waals surface area contributed by atoms with Crippen molar-refractivity contribution in [2.24, 2.45) is 0 Å². The molecular formula is C14H23NO4S. The summed E-state index contributed by atoms with van der Waals surface area (Å²) in [5.41, 5.74) is 0. The topological polar surface area (TPSA) is 75.6 Å². The lowest BCUT2D eigenvalue weighted by atomic mass is 10.2. The quantitative estimate of drug-likeness (QED) is 0.717. The first-order valence-corrected chi connectivity index (χ1v) is 8.40. The van der Waals surface area contributed by atoms with Gasteiger partial charge in [0, 0.05) is 12.6 Å². The van der Waals surface area contributed by atoms with Crippen LogP contribution in [-0.2, 0) is 9.84 Å². The predicted molar refractivity (Wildman–Crippen MR) is 78.8 cm³/mol. The van der Waals surface area contributed by atoms with E-state index < -0.39 is 9.84 Å². The fourth-order valence-electron chi connectivity index (χ4n) is 1.98. The van der Waals surface area contributed by atoms with E-state index in [9.17, 15) is 8.42 Å². The standard InChI is InChI=1S/C14H23NO4S/c1-3-9-15-12(8-10-16)11-20(17,18)14-7-5-4-6-13(14)19-2/h4-7,12,15-16H,3,8-11H2,1-2H3. The van der Waals surface area contributed by atoms with Gasteiger partial charge in [-0.25, -0.2) is 8.42 Å². The minimum absolute atomic E-state index is 0.0389. The summed E-state index contributed by atoms with van der Waals surface area (Å²) in [6, 6.07) is 6.33. The molecule has 0 saturated carbocycles. The Morgan fingerprint density at radius 2 is 2.05 bits per heavy atom. The molecule has 0 radical (unpaired) electrons. The minimum Gasteiger partial charge on any atom is -0.495 e. The van der Waals surface area contributed by atoms with Gasteiger partial charge in [-0.1, -0.05) is 19.1 Å². The third-order valence-corrected chi connectivity index (χ3v) is 4.83. The van der Waals surface area contributed by atoms with Crippen molar-refractivity contribution in [2.75, 3.05) is 26.0 Å². The van der Waals surface area contributed by atoms with Crippen LogP contribution >= 0.6 is 0 Å². The van der Waals surface area contributed by atoms with Crippen molar-refractivity contribution < 1.29 is 18.3 Å². The highest BCUT2D eigenvalue weighted by Gasteiger charge is 2.23. The van der Waals surface area contributed by atoms with E-state index in [4.69, 9.17) is 9.84 Å². The first kappa shape index (κ1) is 16.9. The highest BCUT2D eigenvalue weighted by atomic mass is 32.2. The van der Waals surface area contributed by atoms with Crippen molar-refractivity contribution in [1.82, 2.24) is 5.32 Å².